The van der Waals surface area contributed by atoms with Crippen LogP contribution in [0.1, 0.15) is 73.6 Å². The molecule has 3 rings (SSSR count). The van der Waals surface area contributed by atoms with Gasteiger partial charge in [0.25, 0.3) is 0 Å². The van der Waals surface area contributed by atoms with Gasteiger partial charge in [0.2, 0.25) is 8.32 Å². The van der Waals surface area contributed by atoms with E-state index in [2.05, 4.69) is 60.3 Å². The molecule has 0 N–H and O–H groups in total. The predicted octanol–water partition coefficient (Wildman–Crippen LogP) is 6.39. The van der Waals surface area contributed by atoms with Gasteiger partial charge in [-0.2, -0.15) is 0 Å². The fourth-order valence-corrected chi connectivity index (χ4v) is 11.8. The largest absolute Gasteiger partial charge is 0.409 e. The van der Waals surface area contributed by atoms with Crippen molar-refractivity contribution in [3.8, 4) is 0 Å². The highest BCUT2D eigenvalue weighted by molar-refractivity contribution is 6.77. The van der Waals surface area contributed by atoms with E-state index in [1.807, 2.05) is 6.08 Å². The number of fused-ring (bicyclic) bond motifs is 1. The lowest BCUT2D eigenvalue weighted by Crippen LogP contribution is -2.53. The van der Waals surface area contributed by atoms with Crippen molar-refractivity contribution in [3.05, 3.63) is 24.8 Å². The second-order valence-electron chi connectivity index (χ2n) is 9.56. The van der Waals surface area contributed by atoms with Crippen LogP contribution >= 0.6 is 0 Å². The minimum absolute atomic E-state index is 0.00304. The van der Waals surface area contributed by atoms with Gasteiger partial charge in [-0.05, 0) is 35.5 Å². The Labute approximate surface area is 156 Å². The summed E-state index contributed by atoms with van der Waals surface area (Å²) in [6.07, 6.45) is 13.0. The summed E-state index contributed by atoms with van der Waals surface area (Å²) in [4.78, 5) is 0. The molecule has 1 unspecified atom stereocenters. The molecule has 1 saturated heterocycles. The van der Waals surface area contributed by atoms with Gasteiger partial charge >= 0.3 is 0 Å². The van der Waals surface area contributed by atoms with Crippen LogP contribution in [0.25, 0.3) is 0 Å². The maximum atomic E-state index is 7.23. The molecule has 2 aliphatic heterocycles. The topological polar surface area (TPSA) is 18.5 Å². The fourth-order valence-electron chi connectivity index (χ4n) is 6.26. The zero-order valence-electron chi connectivity index (χ0n) is 17.2. The summed E-state index contributed by atoms with van der Waals surface area (Å²) in [5, 5.41) is 0. The molecule has 0 aromatic rings. The van der Waals surface area contributed by atoms with E-state index in [1.165, 1.54) is 25.7 Å². The Bertz CT molecular complexity index is 516. The molecule has 3 aliphatic rings. The molecule has 2 bridgehead atoms. The van der Waals surface area contributed by atoms with Crippen molar-refractivity contribution in [1.82, 2.24) is 0 Å². The van der Waals surface area contributed by atoms with Crippen molar-refractivity contribution in [2.75, 3.05) is 0 Å². The summed E-state index contributed by atoms with van der Waals surface area (Å²) in [5.41, 5.74) is 1.37. The Balaban J connectivity index is 1.97. The van der Waals surface area contributed by atoms with Crippen LogP contribution in [-0.2, 0) is 9.16 Å². The molecule has 0 amide bonds. The van der Waals surface area contributed by atoms with Gasteiger partial charge in [0.05, 0.1) is 11.7 Å². The summed E-state index contributed by atoms with van der Waals surface area (Å²) in [6.45, 7) is 18.4. The van der Waals surface area contributed by atoms with Gasteiger partial charge in [-0.3, -0.25) is 0 Å². The average Bonchev–Trinajstić information content (AvgIpc) is 2.79. The van der Waals surface area contributed by atoms with Crippen molar-refractivity contribution < 1.29 is 9.16 Å². The maximum absolute atomic E-state index is 7.23. The first-order valence-corrected chi connectivity index (χ1v) is 12.6. The molecule has 2 heterocycles. The molecule has 2 fully saturated rings. The molecule has 0 aromatic heterocycles. The zero-order chi connectivity index (χ0) is 18.5. The van der Waals surface area contributed by atoms with E-state index in [4.69, 9.17) is 9.16 Å². The van der Waals surface area contributed by atoms with Crippen molar-refractivity contribution in [2.45, 2.75) is 108 Å². The van der Waals surface area contributed by atoms with E-state index in [1.54, 1.807) is 0 Å². The molecule has 2 nitrogen and oxygen atoms in total. The van der Waals surface area contributed by atoms with Crippen LogP contribution in [0.4, 0.5) is 0 Å². The van der Waals surface area contributed by atoms with E-state index in [0.717, 1.165) is 6.42 Å². The molecule has 142 valence electrons. The third-order valence-corrected chi connectivity index (χ3v) is 13.5. The highest BCUT2D eigenvalue weighted by Crippen LogP contribution is 2.57. The highest BCUT2D eigenvalue weighted by Gasteiger charge is 2.61. The minimum Gasteiger partial charge on any atom is -0.409 e. The molecule has 1 saturated carbocycles. The van der Waals surface area contributed by atoms with Crippen molar-refractivity contribution in [3.63, 3.8) is 0 Å². The van der Waals surface area contributed by atoms with E-state index in [0.29, 0.717) is 22.5 Å². The summed E-state index contributed by atoms with van der Waals surface area (Å²) in [5.74, 6) is 0.566. The number of ether oxygens (including phenoxy) is 1. The molecule has 4 atom stereocenters. The average molecular weight is 363 g/mol. The zero-order valence-corrected chi connectivity index (χ0v) is 18.2. The van der Waals surface area contributed by atoms with Crippen molar-refractivity contribution in [2.24, 2.45) is 5.92 Å². The third kappa shape index (κ3) is 2.81. The van der Waals surface area contributed by atoms with Crippen LogP contribution in [0, 0.1) is 5.92 Å². The van der Waals surface area contributed by atoms with E-state index < -0.39 is 13.9 Å². The SMILES string of the molecule is C=C[C@]12C=CC3CCCC[C@@]3(C[C@H]1O[Si](C(C)C)(C(C)C)C(C)C)O2. The van der Waals surface area contributed by atoms with Gasteiger partial charge in [-0.15, -0.1) is 0 Å². The normalized spacial score (nSPS) is 37.8. The molecule has 0 aromatic carbocycles. The first kappa shape index (κ1) is 19.4. The Hall–Kier alpha value is -0.383. The lowest BCUT2D eigenvalue weighted by molar-refractivity contribution is -0.117. The van der Waals surface area contributed by atoms with Crippen LogP contribution in [0.5, 0.6) is 0 Å². The molecule has 1 aliphatic carbocycles. The number of hydrogen-bond acceptors (Lipinski definition) is 2. The number of hydrogen-bond donors (Lipinski definition) is 0. The molecule has 0 radical (unpaired) electrons. The lowest BCUT2D eigenvalue weighted by atomic mass is 9.74. The molecule has 1 spiro atoms. The van der Waals surface area contributed by atoms with Crippen molar-refractivity contribution in [1.29, 1.82) is 0 Å². The van der Waals surface area contributed by atoms with E-state index in [-0.39, 0.29) is 11.7 Å². The van der Waals surface area contributed by atoms with Gasteiger partial charge in [-0.1, -0.05) is 73.1 Å². The first-order chi connectivity index (χ1) is 11.7. The molecule has 25 heavy (non-hydrogen) atoms. The van der Waals surface area contributed by atoms with Gasteiger partial charge < -0.3 is 9.16 Å². The second-order valence-corrected chi connectivity index (χ2v) is 15.0. The van der Waals surface area contributed by atoms with E-state index >= 15 is 0 Å². The second kappa shape index (κ2) is 6.65. The summed E-state index contributed by atoms with van der Waals surface area (Å²) >= 11 is 0. The Kier molecular flexibility index (Phi) is 5.16. The monoisotopic (exact) mass is 362 g/mol. The smallest absolute Gasteiger partial charge is 0.200 e. The van der Waals surface area contributed by atoms with Gasteiger partial charge in [0.1, 0.15) is 5.60 Å². The first-order valence-electron chi connectivity index (χ1n) is 10.4. The van der Waals surface area contributed by atoms with E-state index in [9.17, 15) is 0 Å². The maximum Gasteiger partial charge on any atom is 0.200 e. The fraction of sp³-hybridized carbons (Fsp3) is 0.818. The predicted molar refractivity (Wildman–Crippen MR) is 108 cm³/mol. The molecular formula is C22H38O2Si. The lowest BCUT2D eigenvalue weighted by Gasteiger charge is -2.46. The van der Waals surface area contributed by atoms with Crippen LogP contribution in [0.2, 0.25) is 16.6 Å². The standard InChI is InChI=1S/C22H38O2Si/c1-8-21-14-12-19-11-9-10-13-22(19,24-21)15-20(21)23-25(16(2)3,17(4)5)18(6)7/h8,12,14,16-20H,1,9-11,13,15H2,2-7H3/t19?,20-,21+,22+/m1/s1. The van der Waals surface area contributed by atoms with Crippen LogP contribution < -0.4 is 0 Å². The van der Waals surface area contributed by atoms with Crippen molar-refractivity contribution >= 4 is 8.32 Å². The van der Waals surface area contributed by atoms with Crippen LogP contribution in [0.15, 0.2) is 24.8 Å². The summed E-state index contributed by atoms with van der Waals surface area (Å²) in [7, 11) is -1.94. The van der Waals surface area contributed by atoms with Gasteiger partial charge in [-0.25, -0.2) is 0 Å². The Morgan fingerprint density at radius 2 is 1.76 bits per heavy atom. The quantitative estimate of drug-likeness (QED) is 0.402. The van der Waals surface area contributed by atoms with Gasteiger partial charge in [0, 0.05) is 12.3 Å². The molecular weight excluding hydrogens is 324 g/mol. The summed E-state index contributed by atoms with van der Waals surface area (Å²) < 4.78 is 14.0. The third-order valence-electron chi connectivity index (χ3n) is 7.42. The minimum atomic E-state index is -1.94. The van der Waals surface area contributed by atoms with Gasteiger partial charge in [0.15, 0.2) is 0 Å². The van der Waals surface area contributed by atoms with Crippen LogP contribution in [0.3, 0.4) is 0 Å². The summed E-state index contributed by atoms with van der Waals surface area (Å²) in [6, 6.07) is 0. The highest BCUT2D eigenvalue weighted by atomic mass is 28.4. The van der Waals surface area contributed by atoms with Crippen LogP contribution in [-0.4, -0.2) is 25.6 Å². The molecule has 3 heteroatoms. The number of rotatable bonds is 6. The Morgan fingerprint density at radius 1 is 1.12 bits per heavy atom. The Morgan fingerprint density at radius 3 is 2.32 bits per heavy atom.